The number of imide groups is 4. The number of ether oxygens (including phenoxy) is 9. The van der Waals surface area contributed by atoms with Gasteiger partial charge in [0.1, 0.15) is 24.5 Å². The molecule has 2 saturated heterocycles. The number of Topliss-reactive ketones (excluding diaryl/α,β-unsaturated/α-hetero) is 1. The summed E-state index contributed by atoms with van der Waals surface area (Å²) in [6.07, 6.45) is 3.30. The lowest BCUT2D eigenvalue weighted by Crippen LogP contribution is -2.54. The van der Waals surface area contributed by atoms with Gasteiger partial charge in [-0.3, -0.25) is 63.6 Å². The molecule has 0 spiro atoms. The number of benzene rings is 4. The first kappa shape index (κ1) is 74.4. The summed E-state index contributed by atoms with van der Waals surface area (Å²) in [5.41, 5.74) is 7.25. The number of carbonyl (C=O) groups excluding carboxylic acids is 9. The van der Waals surface area contributed by atoms with Crippen LogP contribution in [0.2, 0.25) is 0 Å². The SMILES string of the molecule is NCCOCCOCCOCCOCCCc1cccc2c1C(=O)N(C1CCC(=O)NC1=O)C2=O.O=C1CCC(N2C(=O)c3cccc(CCCOCCOCCOCCOCCNCCCOCC(=O)c4ccc(F)c(F)c4Nc4ccc(I)cc4F)c3C2=O)C(=O)N1. The predicted molar refractivity (Wildman–Crippen MR) is 340 cm³/mol. The minimum absolute atomic E-state index is 0.0643. The third-order valence-electron chi connectivity index (χ3n) is 15.0. The Labute approximate surface area is 555 Å². The number of nitrogens with two attached hydrogens (primary N) is 1. The summed E-state index contributed by atoms with van der Waals surface area (Å²) in [6.45, 7) is 8.67. The first-order valence-electron chi connectivity index (χ1n) is 31.1. The molecule has 0 saturated carbocycles. The van der Waals surface area contributed by atoms with Crippen molar-refractivity contribution in [3.05, 3.63) is 127 Å². The molecule has 4 aromatic rings. The highest BCUT2D eigenvalue weighted by Crippen LogP contribution is 2.33. The van der Waals surface area contributed by atoms with Gasteiger partial charge in [0.15, 0.2) is 17.4 Å². The molecule has 8 rings (SSSR count). The molecule has 4 aliphatic rings. The van der Waals surface area contributed by atoms with Crippen molar-refractivity contribution in [2.45, 2.75) is 69.9 Å². The fourth-order valence-electron chi connectivity index (χ4n) is 10.4. The standard InChI is InChI=1S/C41H46F3IN4O10.C24H33N3O8/c42-30-9-8-28(38(37(30)44)47-32-10-7-27(45)24-31(32)43)34(50)25-59-16-3-13-46-14-17-56-19-21-58-23-22-57-20-18-55-15-2-5-26-4-1-6-29-36(26)41(54)49(40(29)53)33-11-12-35(51)48-39(33)52;25-8-10-33-12-14-35-16-15-34-13-11-32-9-2-4-17-3-1-5-18-21(17)24(31)27(23(18)30)19-6-7-20(28)26-22(19)29/h1,4,6-10,24,33,46-47H,2-3,5,11-23,25H2,(H,48,51,52);1,3,5,19H,2,4,6-16,25H2,(H,26,28,29). The number of hydrogen-bond donors (Lipinski definition) is 5. The lowest BCUT2D eigenvalue weighted by atomic mass is 9.99. The zero-order valence-electron chi connectivity index (χ0n) is 52.1. The van der Waals surface area contributed by atoms with Crippen molar-refractivity contribution in [1.29, 1.82) is 0 Å². The fraction of sp³-hybridized carbons (Fsp3) is 0.492. The third kappa shape index (κ3) is 22.0. The zero-order chi connectivity index (χ0) is 67.2. The van der Waals surface area contributed by atoms with Crippen LogP contribution in [0.4, 0.5) is 24.5 Å². The first-order chi connectivity index (χ1) is 45.6. The van der Waals surface area contributed by atoms with Crippen LogP contribution in [0.25, 0.3) is 0 Å². The molecule has 29 heteroatoms. The van der Waals surface area contributed by atoms with Crippen LogP contribution in [-0.4, -0.2) is 213 Å². The van der Waals surface area contributed by atoms with Gasteiger partial charge in [0.25, 0.3) is 23.6 Å². The molecule has 510 valence electrons. The van der Waals surface area contributed by atoms with Crippen molar-refractivity contribution in [1.82, 2.24) is 25.8 Å². The smallest absolute Gasteiger partial charge is 0.262 e. The van der Waals surface area contributed by atoms with Crippen LogP contribution in [0, 0.1) is 21.0 Å². The Morgan fingerprint density at radius 1 is 0.521 bits per heavy atom. The molecule has 2 atom stereocenters. The van der Waals surface area contributed by atoms with E-state index in [0.29, 0.717) is 183 Å². The summed E-state index contributed by atoms with van der Waals surface area (Å²) in [5.74, 6) is -7.81. The highest BCUT2D eigenvalue weighted by Gasteiger charge is 2.47. The zero-order valence-corrected chi connectivity index (χ0v) is 54.2. The summed E-state index contributed by atoms with van der Waals surface area (Å²) in [5, 5.41) is 10.1. The minimum atomic E-state index is -1.29. The molecule has 4 aromatic carbocycles. The largest absolute Gasteiger partial charge is 0.379 e. The number of amides is 8. The topological polar surface area (TPSA) is 317 Å². The molecule has 0 bridgehead atoms. The van der Waals surface area contributed by atoms with Gasteiger partial charge >= 0.3 is 0 Å². The number of fused-ring (bicyclic) bond motifs is 2. The summed E-state index contributed by atoms with van der Waals surface area (Å²) in [6, 6.07) is 14.4. The summed E-state index contributed by atoms with van der Waals surface area (Å²) in [7, 11) is 0. The second-order valence-electron chi connectivity index (χ2n) is 21.6. The molecule has 2 unspecified atom stereocenters. The number of nitrogens with one attached hydrogen (secondary N) is 4. The molecule has 2 fully saturated rings. The number of ketones is 1. The Morgan fingerprint density at radius 3 is 1.45 bits per heavy atom. The maximum Gasteiger partial charge on any atom is 0.262 e. The molecule has 94 heavy (non-hydrogen) atoms. The van der Waals surface area contributed by atoms with Crippen LogP contribution < -0.4 is 27.0 Å². The number of aryl methyl sites for hydroxylation is 2. The fourth-order valence-corrected chi connectivity index (χ4v) is 10.8. The summed E-state index contributed by atoms with van der Waals surface area (Å²) >= 11 is 1.92. The van der Waals surface area contributed by atoms with E-state index >= 15 is 0 Å². The van der Waals surface area contributed by atoms with E-state index in [2.05, 4.69) is 21.3 Å². The predicted octanol–water partition coefficient (Wildman–Crippen LogP) is 4.78. The molecule has 6 N–H and O–H groups in total. The van der Waals surface area contributed by atoms with Gasteiger partial charge in [0.2, 0.25) is 23.6 Å². The van der Waals surface area contributed by atoms with Crippen LogP contribution in [0.5, 0.6) is 0 Å². The Balaban J connectivity index is 0.000000303. The third-order valence-corrected chi connectivity index (χ3v) is 15.6. The molecule has 0 aliphatic carbocycles. The van der Waals surface area contributed by atoms with Gasteiger partial charge in [-0.25, -0.2) is 13.2 Å². The lowest BCUT2D eigenvalue weighted by molar-refractivity contribution is -0.137. The van der Waals surface area contributed by atoms with Gasteiger partial charge in [-0.2, -0.15) is 0 Å². The van der Waals surface area contributed by atoms with Crippen LogP contribution in [0.15, 0.2) is 66.7 Å². The van der Waals surface area contributed by atoms with Crippen molar-refractivity contribution < 1.29 is 99.0 Å². The molecule has 0 radical (unpaired) electrons. The van der Waals surface area contributed by atoms with Crippen LogP contribution >= 0.6 is 22.6 Å². The number of halogens is 4. The number of rotatable bonds is 42. The van der Waals surface area contributed by atoms with E-state index in [0.717, 1.165) is 27.5 Å². The highest BCUT2D eigenvalue weighted by atomic mass is 127. The monoisotopic (exact) mass is 1430 g/mol. The summed E-state index contributed by atoms with van der Waals surface area (Å²) < 4.78 is 92.8. The molecular weight excluding hydrogens is 1350 g/mol. The second kappa shape index (κ2) is 39.8. The van der Waals surface area contributed by atoms with Crippen LogP contribution in [0.1, 0.15) is 108 Å². The van der Waals surface area contributed by atoms with Crippen LogP contribution in [0.3, 0.4) is 0 Å². The van der Waals surface area contributed by atoms with Gasteiger partial charge in [-0.15, -0.1) is 0 Å². The van der Waals surface area contributed by atoms with Gasteiger partial charge in [-0.05, 0) is 128 Å². The number of piperidine rings is 2. The molecular formula is C65H79F3IN7O18. The Hall–Kier alpha value is -7.01. The summed E-state index contributed by atoms with van der Waals surface area (Å²) in [4.78, 5) is 114. The van der Waals surface area contributed by atoms with E-state index in [1.54, 1.807) is 36.4 Å². The van der Waals surface area contributed by atoms with Crippen LogP contribution in [-0.2, 0) is 74.7 Å². The maximum atomic E-state index is 14.6. The van der Waals surface area contributed by atoms with Gasteiger partial charge in [-0.1, -0.05) is 24.3 Å². The van der Waals surface area contributed by atoms with Gasteiger partial charge in [0.05, 0.1) is 126 Å². The average molecular weight is 1430 g/mol. The quantitative estimate of drug-likeness (QED) is 0.0173. The first-order valence-corrected chi connectivity index (χ1v) is 32.2. The van der Waals surface area contributed by atoms with Crippen molar-refractivity contribution in [3.63, 3.8) is 0 Å². The van der Waals surface area contributed by atoms with E-state index in [1.165, 1.54) is 12.1 Å². The Bertz CT molecular complexity index is 3270. The minimum Gasteiger partial charge on any atom is -0.379 e. The van der Waals surface area contributed by atoms with Gasteiger partial charge < -0.3 is 59.0 Å². The van der Waals surface area contributed by atoms with Crippen molar-refractivity contribution >= 4 is 87.0 Å². The highest BCUT2D eigenvalue weighted by molar-refractivity contribution is 14.1. The maximum absolute atomic E-state index is 14.6. The number of carbonyl (C=O) groups is 9. The normalized spacial score (nSPS) is 16.1. The van der Waals surface area contributed by atoms with E-state index < -0.39 is 88.3 Å². The van der Waals surface area contributed by atoms with E-state index in [1.807, 2.05) is 28.7 Å². The van der Waals surface area contributed by atoms with E-state index in [4.69, 9.17) is 48.4 Å². The van der Waals surface area contributed by atoms with Gasteiger partial charge in [0, 0.05) is 54.9 Å². The molecule has 4 heterocycles. The van der Waals surface area contributed by atoms with Crippen molar-refractivity contribution in [2.75, 3.05) is 144 Å². The Morgan fingerprint density at radius 2 is 0.979 bits per heavy atom. The van der Waals surface area contributed by atoms with Crippen molar-refractivity contribution in [2.24, 2.45) is 5.73 Å². The second-order valence-corrected chi connectivity index (χ2v) is 22.8. The molecule has 4 aliphatic heterocycles. The number of hydrogen-bond acceptors (Lipinski definition) is 21. The van der Waals surface area contributed by atoms with E-state index in [9.17, 15) is 56.3 Å². The van der Waals surface area contributed by atoms with E-state index in [-0.39, 0.29) is 55.7 Å². The lowest BCUT2D eigenvalue weighted by Gasteiger charge is -2.27. The average Bonchev–Trinajstić information content (AvgIpc) is 1.61. The molecule has 25 nitrogen and oxygen atoms in total. The molecule has 8 amide bonds. The molecule has 0 aromatic heterocycles. The Kier molecular flexibility index (Phi) is 31.5. The number of anilines is 2. The number of nitrogens with zero attached hydrogens (tertiary/aromatic N) is 2. The van der Waals surface area contributed by atoms with Crippen molar-refractivity contribution in [3.8, 4) is 0 Å².